The van der Waals surface area contributed by atoms with Gasteiger partial charge in [-0.15, -0.1) is 6.42 Å². The van der Waals surface area contributed by atoms with Gasteiger partial charge in [-0.2, -0.15) is 0 Å². The summed E-state index contributed by atoms with van der Waals surface area (Å²) in [4.78, 5) is 22.1. The molecule has 0 unspecified atom stereocenters. The van der Waals surface area contributed by atoms with Crippen LogP contribution in [0, 0.1) is 12.3 Å². The van der Waals surface area contributed by atoms with Gasteiger partial charge in [0.25, 0.3) is 0 Å². The lowest BCUT2D eigenvalue weighted by Crippen LogP contribution is -2.08. The van der Waals surface area contributed by atoms with Gasteiger partial charge in [0.05, 0.1) is 16.7 Å². The highest BCUT2D eigenvalue weighted by Gasteiger charge is 2.17. The number of terminal acetylenes is 1. The van der Waals surface area contributed by atoms with Crippen molar-refractivity contribution >= 4 is 11.9 Å². The summed E-state index contributed by atoms with van der Waals surface area (Å²) in [6, 6.07) is 10.5. The van der Waals surface area contributed by atoms with Crippen LogP contribution in [0.1, 0.15) is 26.3 Å². The molecule has 5 heteroatoms. The van der Waals surface area contributed by atoms with Gasteiger partial charge in [-0.25, -0.2) is 9.59 Å². The van der Waals surface area contributed by atoms with E-state index in [4.69, 9.17) is 21.4 Å². The topological polar surface area (TPSA) is 83.8 Å². The van der Waals surface area contributed by atoms with Gasteiger partial charge >= 0.3 is 11.9 Å². The lowest BCUT2D eigenvalue weighted by molar-refractivity contribution is 0.0651. The van der Waals surface area contributed by atoms with Crippen LogP contribution in [0.4, 0.5) is 0 Å². The molecular formula is C16H10O5. The van der Waals surface area contributed by atoms with Gasteiger partial charge in [-0.3, -0.25) is 0 Å². The minimum Gasteiger partial charge on any atom is -0.478 e. The Morgan fingerprint density at radius 2 is 1.67 bits per heavy atom. The molecule has 0 amide bonds. The summed E-state index contributed by atoms with van der Waals surface area (Å²) in [5.74, 6) is 0.369. The molecule has 0 radical (unpaired) electrons. The molecule has 2 rings (SSSR count). The Hall–Kier alpha value is -3.26. The predicted molar refractivity (Wildman–Crippen MR) is 74.8 cm³/mol. The molecule has 0 atom stereocenters. The fraction of sp³-hybridized carbons (Fsp3) is 0. The number of carboxylic acid groups (broad SMARTS) is 2. The van der Waals surface area contributed by atoms with E-state index in [-0.39, 0.29) is 16.9 Å². The molecule has 2 aromatic carbocycles. The lowest BCUT2D eigenvalue weighted by atomic mass is 10.1. The Bertz CT molecular complexity index is 756. The Morgan fingerprint density at radius 3 is 2.29 bits per heavy atom. The van der Waals surface area contributed by atoms with Crippen LogP contribution in [-0.4, -0.2) is 22.2 Å². The largest absolute Gasteiger partial charge is 0.478 e. The van der Waals surface area contributed by atoms with E-state index in [0.717, 1.165) is 6.07 Å². The van der Waals surface area contributed by atoms with Gasteiger partial charge in [-0.05, 0) is 30.3 Å². The molecule has 0 saturated heterocycles. The zero-order chi connectivity index (χ0) is 15.4. The number of benzene rings is 2. The summed E-state index contributed by atoms with van der Waals surface area (Å²) in [5, 5.41) is 18.0. The number of rotatable bonds is 4. The molecule has 0 aliphatic rings. The van der Waals surface area contributed by atoms with Gasteiger partial charge in [0.1, 0.15) is 11.5 Å². The van der Waals surface area contributed by atoms with Crippen LogP contribution in [-0.2, 0) is 0 Å². The van der Waals surface area contributed by atoms with Crippen LogP contribution < -0.4 is 4.74 Å². The zero-order valence-corrected chi connectivity index (χ0v) is 10.7. The van der Waals surface area contributed by atoms with Crippen molar-refractivity contribution in [2.24, 2.45) is 0 Å². The third-order valence-corrected chi connectivity index (χ3v) is 2.72. The van der Waals surface area contributed by atoms with Crippen LogP contribution in [0.15, 0.2) is 42.5 Å². The second kappa shape index (κ2) is 5.80. The van der Waals surface area contributed by atoms with Crippen molar-refractivity contribution in [1.29, 1.82) is 0 Å². The zero-order valence-electron chi connectivity index (χ0n) is 10.7. The molecule has 0 aliphatic heterocycles. The number of aromatic carboxylic acids is 2. The van der Waals surface area contributed by atoms with Crippen LogP contribution in [0.3, 0.4) is 0 Å². The molecule has 0 spiro atoms. The molecule has 104 valence electrons. The van der Waals surface area contributed by atoms with Crippen molar-refractivity contribution in [3.05, 3.63) is 59.2 Å². The first kappa shape index (κ1) is 14.2. The third kappa shape index (κ3) is 3.01. The summed E-state index contributed by atoms with van der Waals surface area (Å²) in [6.07, 6.45) is 5.34. The second-order valence-electron chi connectivity index (χ2n) is 4.06. The first-order valence-corrected chi connectivity index (χ1v) is 5.87. The van der Waals surface area contributed by atoms with Crippen molar-refractivity contribution in [2.45, 2.75) is 0 Å². The maximum Gasteiger partial charge on any atom is 0.336 e. The Labute approximate surface area is 120 Å². The minimum atomic E-state index is -1.34. The third-order valence-electron chi connectivity index (χ3n) is 2.72. The highest BCUT2D eigenvalue weighted by Crippen LogP contribution is 2.26. The fourth-order valence-corrected chi connectivity index (χ4v) is 1.75. The number of para-hydroxylation sites is 1. The van der Waals surface area contributed by atoms with Gasteiger partial charge in [0, 0.05) is 0 Å². The predicted octanol–water partition coefficient (Wildman–Crippen LogP) is 2.86. The molecule has 0 saturated carbocycles. The molecule has 0 fully saturated rings. The van der Waals surface area contributed by atoms with Crippen molar-refractivity contribution in [1.82, 2.24) is 0 Å². The number of carboxylic acids is 2. The Balaban J connectivity index is 2.42. The van der Waals surface area contributed by atoms with E-state index in [1.54, 1.807) is 24.3 Å². The van der Waals surface area contributed by atoms with Gasteiger partial charge in [0.2, 0.25) is 0 Å². The van der Waals surface area contributed by atoms with E-state index in [1.165, 1.54) is 12.1 Å². The van der Waals surface area contributed by atoms with Crippen molar-refractivity contribution in [3.63, 3.8) is 0 Å². The van der Waals surface area contributed by atoms with Gasteiger partial charge in [-0.1, -0.05) is 18.1 Å². The normalized spacial score (nSPS) is 9.67. The Morgan fingerprint density at radius 1 is 1.00 bits per heavy atom. The molecule has 2 aromatic rings. The van der Waals surface area contributed by atoms with Gasteiger partial charge in [0.15, 0.2) is 0 Å². The average molecular weight is 282 g/mol. The SMILES string of the molecule is C#Cc1ccccc1Oc1ccc(C(=O)O)c(C(=O)O)c1. The number of hydrogen-bond donors (Lipinski definition) is 2. The monoisotopic (exact) mass is 282 g/mol. The van der Waals surface area contributed by atoms with Crippen molar-refractivity contribution < 1.29 is 24.5 Å². The van der Waals surface area contributed by atoms with E-state index in [0.29, 0.717) is 11.3 Å². The number of carbonyl (C=O) groups is 2. The Kier molecular flexibility index (Phi) is 3.91. The molecule has 0 heterocycles. The molecule has 5 nitrogen and oxygen atoms in total. The van der Waals surface area contributed by atoms with Crippen LogP contribution >= 0.6 is 0 Å². The van der Waals surface area contributed by atoms with Crippen molar-refractivity contribution in [3.8, 4) is 23.8 Å². The highest BCUT2D eigenvalue weighted by atomic mass is 16.5. The summed E-state index contributed by atoms with van der Waals surface area (Å²) in [7, 11) is 0. The molecule has 0 aromatic heterocycles. The molecular weight excluding hydrogens is 272 g/mol. The molecule has 21 heavy (non-hydrogen) atoms. The molecule has 2 N–H and O–H groups in total. The van der Waals surface area contributed by atoms with Gasteiger partial charge < -0.3 is 14.9 Å². The smallest absolute Gasteiger partial charge is 0.336 e. The number of ether oxygens (including phenoxy) is 1. The molecule has 0 aliphatic carbocycles. The maximum atomic E-state index is 11.1. The average Bonchev–Trinajstić information content (AvgIpc) is 2.47. The molecule has 0 bridgehead atoms. The van der Waals surface area contributed by atoms with E-state index in [9.17, 15) is 9.59 Å². The maximum absolute atomic E-state index is 11.1. The minimum absolute atomic E-state index is 0.195. The highest BCUT2D eigenvalue weighted by molar-refractivity contribution is 6.02. The number of hydrogen-bond acceptors (Lipinski definition) is 3. The summed E-state index contributed by atoms with van der Waals surface area (Å²) < 4.78 is 5.53. The van der Waals surface area contributed by atoms with Crippen molar-refractivity contribution in [2.75, 3.05) is 0 Å². The first-order chi connectivity index (χ1) is 10.0. The van der Waals surface area contributed by atoms with E-state index in [2.05, 4.69) is 5.92 Å². The summed E-state index contributed by atoms with van der Waals surface area (Å²) >= 11 is 0. The van der Waals surface area contributed by atoms with Crippen LogP contribution in [0.2, 0.25) is 0 Å². The standard InChI is InChI=1S/C16H10O5/c1-2-10-5-3-4-6-14(10)21-11-7-8-12(15(17)18)13(9-11)16(19)20/h1,3-9H,(H,17,18)(H,19,20). The fourth-order valence-electron chi connectivity index (χ4n) is 1.75. The van der Waals surface area contributed by atoms with Crippen LogP contribution in [0.25, 0.3) is 0 Å². The van der Waals surface area contributed by atoms with Crippen LogP contribution in [0.5, 0.6) is 11.5 Å². The second-order valence-corrected chi connectivity index (χ2v) is 4.06. The summed E-state index contributed by atoms with van der Waals surface area (Å²) in [6.45, 7) is 0. The van der Waals surface area contributed by atoms with E-state index in [1.807, 2.05) is 0 Å². The first-order valence-electron chi connectivity index (χ1n) is 5.87. The van der Waals surface area contributed by atoms with E-state index >= 15 is 0 Å². The summed E-state index contributed by atoms with van der Waals surface area (Å²) in [5.41, 5.74) is -0.144. The van der Waals surface area contributed by atoms with E-state index < -0.39 is 11.9 Å². The quantitative estimate of drug-likeness (QED) is 0.842. The lowest BCUT2D eigenvalue weighted by Gasteiger charge is -2.09.